The summed E-state index contributed by atoms with van der Waals surface area (Å²) >= 11 is 0. The summed E-state index contributed by atoms with van der Waals surface area (Å²) < 4.78 is 0. The SMILES string of the molecule is CCCNC(Cc1ccc(C(C)C)cc1)c1ccncc1. The van der Waals surface area contributed by atoms with Gasteiger partial charge in [-0.2, -0.15) is 0 Å². The summed E-state index contributed by atoms with van der Waals surface area (Å²) in [6, 6.07) is 13.6. The molecule has 112 valence electrons. The molecule has 2 rings (SSSR count). The molecule has 0 saturated heterocycles. The van der Waals surface area contributed by atoms with E-state index in [0.717, 1.165) is 19.4 Å². The molecule has 1 aromatic carbocycles. The number of nitrogens with one attached hydrogen (secondary N) is 1. The van der Waals surface area contributed by atoms with Gasteiger partial charge in [0.25, 0.3) is 0 Å². The Bertz CT molecular complexity index is 517. The second kappa shape index (κ2) is 7.94. The fraction of sp³-hybridized carbons (Fsp3) is 0.421. The van der Waals surface area contributed by atoms with E-state index in [1.54, 1.807) is 0 Å². The van der Waals surface area contributed by atoms with Gasteiger partial charge in [-0.25, -0.2) is 0 Å². The van der Waals surface area contributed by atoms with Crippen molar-refractivity contribution < 1.29 is 0 Å². The third kappa shape index (κ3) is 4.68. The third-order valence-corrected chi connectivity index (χ3v) is 3.84. The van der Waals surface area contributed by atoms with Gasteiger partial charge >= 0.3 is 0 Å². The van der Waals surface area contributed by atoms with Gasteiger partial charge in [0.1, 0.15) is 0 Å². The average Bonchev–Trinajstić information content (AvgIpc) is 2.52. The van der Waals surface area contributed by atoms with E-state index >= 15 is 0 Å². The summed E-state index contributed by atoms with van der Waals surface area (Å²) in [6.45, 7) is 7.71. The van der Waals surface area contributed by atoms with Crippen molar-refractivity contribution in [2.45, 2.75) is 45.6 Å². The Kier molecular flexibility index (Phi) is 5.94. The molecule has 1 N–H and O–H groups in total. The monoisotopic (exact) mass is 282 g/mol. The minimum absolute atomic E-state index is 0.359. The average molecular weight is 282 g/mol. The zero-order chi connectivity index (χ0) is 15.1. The number of pyridine rings is 1. The Labute approximate surface area is 128 Å². The second-order valence-corrected chi connectivity index (χ2v) is 5.89. The molecule has 0 spiro atoms. The topological polar surface area (TPSA) is 24.9 Å². The van der Waals surface area contributed by atoms with Crippen LogP contribution in [-0.4, -0.2) is 11.5 Å². The number of rotatable bonds is 7. The molecule has 1 unspecified atom stereocenters. The van der Waals surface area contributed by atoms with E-state index in [2.05, 4.69) is 67.5 Å². The van der Waals surface area contributed by atoms with E-state index in [1.165, 1.54) is 16.7 Å². The van der Waals surface area contributed by atoms with E-state index in [0.29, 0.717) is 12.0 Å². The first-order valence-corrected chi connectivity index (χ1v) is 7.92. The van der Waals surface area contributed by atoms with Crippen LogP contribution in [0.25, 0.3) is 0 Å². The van der Waals surface area contributed by atoms with Gasteiger partial charge in [-0.15, -0.1) is 0 Å². The summed E-state index contributed by atoms with van der Waals surface area (Å²) in [6.07, 6.45) is 5.91. The lowest BCUT2D eigenvalue weighted by Crippen LogP contribution is -2.24. The van der Waals surface area contributed by atoms with Gasteiger partial charge in [-0.3, -0.25) is 4.98 Å². The molecule has 21 heavy (non-hydrogen) atoms. The molecular weight excluding hydrogens is 256 g/mol. The predicted octanol–water partition coefficient (Wildman–Crippen LogP) is 4.49. The van der Waals surface area contributed by atoms with Crippen LogP contribution in [-0.2, 0) is 6.42 Å². The van der Waals surface area contributed by atoms with E-state index in [-0.39, 0.29) is 0 Å². The van der Waals surface area contributed by atoms with Crippen LogP contribution >= 0.6 is 0 Å². The van der Waals surface area contributed by atoms with Crippen LogP contribution in [0.1, 0.15) is 55.8 Å². The molecule has 0 fully saturated rings. The molecule has 0 saturated carbocycles. The summed E-state index contributed by atoms with van der Waals surface area (Å²) in [5.41, 5.74) is 4.09. The largest absolute Gasteiger partial charge is 0.310 e. The van der Waals surface area contributed by atoms with Gasteiger partial charge in [0.2, 0.25) is 0 Å². The molecule has 0 aliphatic carbocycles. The normalized spacial score (nSPS) is 12.6. The summed E-state index contributed by atoms with van der Waals surface area (Å²) in [5.74, 6) is 0.591. The molecule has 1 heterocycles. The smallest absolute Gasteiger partial charge is 0.0361 e. The fourth-order valence-corrected chi connectivity index (χ4v) is 2.50. The molecule has 0 radical (unpaired) electrons. The van der Waals surface area contributed by atoms with Gasteiger partial charge in [0.15, 0.2) is 0 Å². The summed E-state index contributed by atoms with van der Waals surface area (Å²) in [4.78, 5) is 4.12. The molecule has 1 aromatic heterocycles. The molecular formula is C19H26N2. The minimum atomic E-state index is 0.359. The van der Waals surface area contributed by atoms with Crippen molar-refractivity contribution in [1.82, 2.24) is 10.3 Å². The van der Waals surface area contributed by atoms with Crippen LogP contribution in [0.3, 0.4) is 0 Å². The van der Waals surface area contributed by atoms with Gasteiger partial charge in [-0.05, 0) is 54.1 Å². The number of nitrogens with zero attached hydrogens (tertiary/aromatic N) is 1. The Balaban J connectivity index is 2.11. The summed E-state index contributed by atoms with van der Waals surface area (Å²) in [5, 5.41) is 3.64. The summed E-state index contributed by atoms with van der Waals surface area (Å²) in [7, 11) is 0. The molecule has 1 atom stereocenters. The van der Waals surface area contributed by atoms with Crippen molar-refractivity contribution in [3.05, 3.63) is 65.5 Å². The molecule has 2 heteroatoms. The van der Waals surface area contributed by atoms with Crippen molar-refractivity contribution in [3.8, 4) is 0 Å². The first-order valence-electron chi connectivity index (χ1n) is 7.92. The number of hydrogen-bond acceptors (Lipinski definition) is 2. The highest BCUT2D eigenvalue weighted by molar-refractivity contribution is 5.27. The van der Waals surface area contributed by atoms with Crippen molar-refractivity contribution >= 4 is 0 Å². The van der Waals surface area contributed by atoms with Gasteiger partial charge in [-0.1, -0.05) is 45.0 Å². The lowest BCUT2D eigenvalue weighted by atomic mass is 9.96. The minimum Gasteiger partial charge on any atom is -0.310 e. The molecule has 0 aliphatic heterocycles. The van der Waals surface area contributed by atoms with E-state index in [1.807, 2.05) is 12.4 Å². The maximum absolute atomic E-state index is 4.12. The van der Waals surface area contributed by atoms with Crippen LogP contribution in [0.4, 0.5) is 0 Å². The highest BCUT2D eigenvalue weighted by Gasteiger charge is 2.11. The fourth-order valence-electron chi connectivity index (χ4n) is 2.50. The number of aromatic nitrogens is 1. The maximum Gasteiger partial charge on any atom is 0.0361 e. The van der Waals surface area contributed by atoms with E-state index in [9.17, 15) is 0 Å². The molecule has 0 amide bonds. The van der Waals surface area contributed by atoms with E-state index in [4.69, 9.17) is 0 Å². The first kappa shape index (κ1) is 15.7. The molecule has 2 aromatic rings. The maximum atomic E-state index is 4.12. The van der Waals surface area contributed by atoms with E-state index < -0.39 is 0 Å². The lowest BCUT2D eigenvalue weighted by Gasteiger charge is -2.19. The van der Waals surface area contributed by atoms with Crippen LogP contribution in [0, 0.1) is 0 Å². The predicted molar refractivity (Wildman–Crippen MR) is 89.5 cm³/mol. The lowest BCUT2D eigenvalue weighted by molar-refractivity contribution is 0.529. The Morgan fingerprint density at radius 2 is 1.62 bits per heavy atom. The molecule has 0 aliphatic rings. The van der Waals surface area contributed by atoms with Crippen molar-refractivity contribution in [3.63, 3.8) is 0 Å². The molecule has 2 nitrogen and oxygen atoms in total. The highest BCUT2D eigenvalue weighted by atomic mass is 14.9. The van der Waals surface area contributed by atoms with Gasteiger partial charge in [0.05, 0.1) is 0 Å². The quantitative estimate of drug-likeness (QED) is 0.809. The van der Waals surface area contributed by atoms with Crippen molar-refractivity contribution in [2.24, 2.45) is 0 Å². The highest BCUT2D eigenvalue weighted by Crippen LogP contribution is 2.20. The van der Waals surface area contributed by atoms with Gasteiger partial charge < -0.3 is 5.32 Å². The standard InChI is InChI=1S/C19H26N2/c1-4-11-21-19(18-9-12-20-13-10-18)14-16-5-7-17(8-6-16)15(2)3/h5-10,12-13,15,19,21H,4,11,14H2,1-3H3. The Morgan fingerprint density at radius 1 is 0.952 bits per heavy atom. The van der Waals surface area contributed by atoms with Crippen LogP contribution < -0.4 is 5.32 Å². The van der Waals surface area contributed by atoms with Crippen molar-refractivity contribution in [2.75, 3.05) is 6.54 Å². The molecule has 0 bridgehead atoms. The number of hydrogen-bond donors (Lipinski definition) is 1. The second-order valence-electron chi connectivity index (χ2n) is 5.89. The third-order valence-electron chi connectivity index (χ3n) is 3.84. The first-order chi connectivity index (χ1) is 10.2. The Hall–Kier alpha value is -1.67. The van der Waals surface area contributed by atoms with Gasteiger partial charge in [0, 0.05) is 18.4 Å². The van der Waals surface area contributed by atoms with Crippen molar-refractivity contribution in [1.29, 1.82) is 0 Å². The Morgan fingerprint density at radius 3 is 2.19 bits per heavy atom. The van der Waals surface area contributed by atoms with Crippen LogP contribution in [0.2, 0.25) is 0 Å². The van der Waals surface area contributed by atoms with Crippen LogP contribution in [0.5, 0.6) is 0 Å². The zero-order valence-electron chi connectivity index (χ0n) is 13.3. The van der Waals surface area contributed by atoms with Crippen LogP contribution in [0.15, 0.2) is 48.8 Å². The zero-order valence-corrected chi connectivity index (χ0v) is 13.3. The number of benzene rings is 1.